The fourth-order valence-corrected chi connectivity index (χ4v) is 2.48. The predicted octanol–water partition coefficient (Wildman–Crippen LogP) is 2.71. The molecule has 0 spiro atoms. The van der Waals surface area contributed by atoms with Crippen LogP contribution in [-0.4, -0.2) is 28.0 Å². The van der Waals surface area contributed by atoms with E-state index in [0.717, 1.165) is 11.1 Å². The zero-order valence-electron chi connectivity index (χ0n) is 17.2. The molecule has 0 aromatic heterocycles. The Morgan fingerprint density at radius 2 is 1.77 bits per heavy atom. The van der Waals surface area contributed by atoms with E-state index in [2.05, 4.69) is 16.2 Å². The minimum Gasteiger partial charge on any atom is -0.481 e. The summed E-state index contributed by atoms with van der Waals surface area (Å²) in [5.41, 5.74) is 7.53. The highest BCUT2D eigenvalue weighted by atomic mass is 32.1. The van der Waals surface area contributed by atoms with Gasteiger partial charge in [0.25, 0.3) is 11.6 Å². The van der Waals surface area contributed by atoms with Crippen LogP contribution < -0.4 is 20.9 Å². The zero-order chi connectivity index (χ0) is 23.0. The monoisotopic (exact) mass is 442 g/mol. The lowest BCUT2D eigenvalue weighted by Gasteiger charge is -2.16. The molecule has 162 valence electrons. The van der Waals surface area contributed by atoms with Crippen LogP contribution in [0, 0.1) is 24.0 Å². The van der Waals surface area contributed by atoms with Gasteiger partial charge in [0.2, 0.25) is 5.91 Å². The van der Waals surface area contributed by atoms with Crippen molar-refractivity contribution in [3.8, 4) is 5.75 Å². The van der Waals surface area contributed by atoms with Gasteiger partial charge in [0.15, 0.2) is 11.2 Å². The lowest BCUT2D eigenvalue weighted by molar-refractivity contribution is -0.384. The van der Waals surface area contributed by atoms with Gasteiger partial charge >= 0.3 is 0 Å². The van der Waals surface area contributed by atoms with Crippen LogP contribution in [0.15, 0.2) is 48.5 Å². The topological polar surface area (TPSA) is 123 Å². The van der Waals surface area contributed by atoms with Crippen molar-refractivity contribution in [1.82, 2.24) is 16.2 Å². The quantitative estimate of drug-likeness (QED) is 0.272. The maximum Gasteiger partial charge on any atom is 0.279 e. The summed E-state index contributed by atoms with van der Waals surface area (Å²) < 4.78 is 5.60. The number of nitro benzene ring substituents is 1. The lowest BCUT2D eigenvalue weighted by atomic mass is 10.1. The van der Waals surface area contributed by atoms with E-state index in [0.29, 0.717) is 11.3 Å². The van der Waals surface area contributed by atoms with Crippen LogP contribution in [0.25, 0.3) is 6.08 Å². The summed E-state index contributed by atoms with van der Waals surface area (Å²) in [5, 5.41) is 12.9. The van der Waals surface area contributed by atoms with Crippen LogP contribution in [0.5, 0.6) is 5.75 Å². The van der Waals surface area contributed by atoms with E-state index < -0.39 is 22.8 Å². The third-order valence-electron chi connectivity index (χ3n) is 4.23. The largest absolute Gasteiger partial charge is 0.481 e. The van der Waals surface area contributed by atoms with Gasteiger partial charge in [-0.3, -0.25) is 35.9 Å². The summed E-state index contributed by atoms with van der Waals surface area (Å²) in [6.07, 6.45) is 1.89. The Bertz CT molecular complexity index is 1020. The maximum atomic E-state index is 12.1. The number of nitro groups is 1. The van der Waals surface area contributed by atoms with Crippen LogP contribution in [0.1, 0.15) is 23.6 Å². The second-order valence-corrected chi connectivity index (χ2v) is 7.03. The Kier molecular flexibility index (Phi) is 8.21. The molecule has 0 fully saturated rings. The number of aryl methyl sites for hydroxylation is 2. The molecule has 2 aromatic rings. The van der Waals surface area contributed by atoms with Crippen LogP contribution in [0.4, 0.5) is 5.69 Å². The molecule has 2 amide bonds. The number of hydrogen-bond donors (Lipinski definition) is 3. The van der Waals surface area contributed by atoms with Crippen LogP contribution in [0.2, 0.25) is 0 Å². The number of hydrogen-bond acceptors (Lipinski definition) is 6. The molecule has 2 aromatic carbocycles. The fourth-order valence-electron chi connectivity index (χ4n) is 2.33. The Morgan fingerprint density at radius 1 is 1.10 bits per heavy atom. The highest BCUT2D eigenvalue weighted by molar-refractivity contribution is 7.80. The number of carbonyl (C=O) groups is 2. The summed E-state index contributed by atoms with van der Waals surface area (Å²) in [6, 6.07) is 11.2. The maximum absolute atomic E-state index is 12.1. The van der Waals surface area contributed by atoms with Crippen LogP contribution >= 0.6 is 12.2 Å². The molecule has 10 heteroatoms. The third kappa shape index (κ3) is 7.52. The second-order valence-electron chi connectivity index (χ2n) is 6.62. The van der Waals surface area contributed by atoms with Gasteiger partial charge < -0.3 is 4.74 Å². The number of ether oxygens (including phenoxy) is 1. The molecule has 3 N–H and O–H groups in total. The first kappa shape index (κ1) is 23.5. The zero-order valence-corrected chi connectivity index (χ0v) is 18.0. The van der Waals surface area contributed by atoms with Crippen LogP contribution in [0.3, 0.4) is 0 Å². The van der Waals surface area contributed by atoms with Crippen molar-refractivity contribution in [2.24, 2.45) is 0 Å². The minimum absolute atomic E-state index is 0.0431. The van der Waals surface area contributed by atoms with Crippen molar-refractivity contribution in [3.05, 3.63) is 75.3 Å². The first-order chi connectivity index (χ1) is 14.7. The van der Waals surface area contributed by atoms with E-state index in [1.807, 2.05) is 26.0 Å². The fraction of sp³-hybridized carbons (Fsp3) is 0.190. The van der Waals surface area contributed by atoms with Gasteiger partial charge in [-0.1, -0.05) is 6.07 Å². The van der Waals surface area contributed by atoms with Crippen molar-refractivity contribution >= 4 is 40.9 Å². The third-order valence-corrected chi connectivity index (χ3v) is 4.43. The van der Waals surface area contributed by atoms with Crippen molar-refractivity contribution in [1.29, 1.82) is 0 Å². The van der Waals surface area contributed by atoms with Crippen LogP contribution in [-0.2, 0) is 9.59 Å². The molecule has 2 rings (SSSR count). The lowest BCUT2D eigenvalue weighted by Crippen LogP contribution is -2.51. The number of nitrogens with one attached hydrogen (secondary N) is 3. The van der Waals surface area contributed by atoms with Gasteiger partial charge in [-0.15, -0.1) is 0 Å². The molecule has 0 bridgehead atoms. The van der Waals surface area contributed by atoms with Gasteiger partial charge in [-0.2, -0.15) is 0 Å². The summed E-state index contributed by atoms with van der Waals surface area (Å²) in [4.78, 5) is 34.2. The first-order valence-corrected chi connectivity index (χ1v) is 9.64. The number of benzene rings is 2. The Hall–Kier alpha value is -3.79. The van der Waals surface area contributed by atoms with Crippen molar-refractivity contribution in [3.63, 3.8) is 0 Å². The van der Waals surface area contributed by atoms with E-state index in [9.17, 15) is 19.7 Å². The number of carbonyl (C=O) groups excluding carboxylic acids is 2. The molecular formula is C21H22N4O5S. The number of rotatable bonds is 6. The highest BCUT2D eigenvalue weighted by Crippen LogP contribution is 2.17. The highest BCUT2D eigenvalue weighted by Gasteiger charge is 2.15. The Labute approximate surface area is 184 Å². The van der Waals surface area contributed by atoms with Crippen molar-refractivity contribution in [2.45, 2.75) is 26.9 Å². The molecule has 1 unspecified atom stereocenters. The van der Waals surface area contributed by atoms with E-state index in [1.165, 1.54) is 36.4 Å². The number of non-ortho nitro benzene ring substituents is 1. The number of amides is 2. The smallest absolute Gasteiger partial charge is 0.279 e. The average Bonchev–Trinajstić information content (AvgIpc) is 2.73. The van der Waals surface area contributed by atoms with Gasteiger partial charge in [0.1, 0.15) is 5.75 Å². The SMILES string of the molecule is Cc1ccc(OC(C)C(=O)NNC(=S)NC(=O)/C=C/c2ccc([N+](=O)[O-])cc2)cc1C. The minimum atomic E-state index is -0.796. The molecule has 0 saturated carbocycles. The Balaban J connectivity index is 1.78. The number of hydrazine groups is 1. The molecule has 1 atom stereocenters. The molecule has 0 radical (unpaired) electrons. The van der Waals surface area contributed by atoms with E-state index >= 15 is 0 Å². The summed E-state index contributed by atoms with van der Waals surface area (Å²) in [5.74, 6) is -0.446. The van der Waals surface area contributed by atoms with E-state index in [-0.39, 0.29) is 10.8 Å². The normalized spacial score (nSPS) is 11.5. The van der Waals surface area contributed by atoms with Gasteiger partial charge in [0.05, 0.1) is 4.92 Å². The molecule has 31 heavy (non-hydrogen) atoms. The van der Waals surface area contributed by atoms with Crippen molar-refractivity contribution < 1.29 is 19.2 Å². The predicted molar refractivity (Wildman–Crippen MR) is 120 cm³/mol. The summed E-state index contributed by atoms with van der Waals surface area (Å²) in [7, 11) is 0. The van der Waals surface area contributed by atoms with Gasteiger partial charge in [0, 0.05) is 18.2 Å². The molecule has 0 aliphatic heterocycles. The van der Waals surface area contributed by atoms with Gasteiger partial charge in [-0.05, 0) is 80.0 Å². The summed E-state index contributed by atoms with van der Waals surface area (Å²) >= 11 is 4.97. The number of thiocarbonyl (C=S) groups is 1. The summed E-state index contributed by atoms with van der Waals surface area (Å²) in [6.45, 7) is 5.52. The standard InChI is InChI=1S/C21H22N4O5S/c1-13-4-10-18(12-14(13)2)30-15(3)20(27)23-24-21(31)22-19(26)11-7-16-5-8-17(9-6-16)25(28)29/h4-12,15H,1-3H3,(H,23,27)(H2,22,24,26,31)/b11-7+. The Morgan fingerprint density at radius 3 is 2.39 bits per heavy atom. The molecular weight excluding hydrogens is 420 g/mol. The van der Waals surface area contributed by atoms with E-state index in [4.69, 9.17) is 17.0 Å². The molecule has 0 heterocycles. The molecule has 9 nitrogen and oxygen atoms in total. The second kappa shape index (κ2) is 10.8. The van der Waals surface area contributed by atoms with Crippen molar-refractivity contribution in [2.75, 3.05) is 0 Å². The van der Waals surface area contributed by atoms with Gasteiger partial charge in [-0.25, -0.2) is 0 Å². The first-order valence-electron chi connectivity index (χ1n) is 9.23. The molecule has 0 saturated heterocycles. The molecule has 0 aliphatic rings. The average molecular weight is 442 g/mol. The number of nitrogens with zero attached hydrogens (tertiary/aromatic N) is 1. The van der Waals surface area contributed by atoms with E-state index in [1.54, 1.807) is 13.0 Å². The molecule has 0 aliphatic carbocycles.